The Bertz CT molecular complexity index is 236. The van der Waals surface area contributed by atoms with E-state index >= 15 is 0 Å². The average Bonchev–Trinajstić information content (AvgIpc) is 2.15. The van der Waals surface area contributed by atoms with E-state index in [1.54, 1.807) is 6.08 Å². The zero-order chi connectivity index (χ0) is 8.81. The maximum absolute atomic E-state index is 9.38. The van der Waals surface area contributed by atoms with Crippen molar-refractivity contribution in [2.45, 2.75) is 0 Å². The van der Waals surface area contributed by atoms with Crippen LogP contribution in [0.15, 0.2) is 43.0 Å². The number of hydrogen-bond donors (Lipinski definition) is 1. The van der Waals surface area contributed by atoms with Crippen LogP contribution in [-0.2, 0) is 4.65 Å². The molecule has 1 rings (SSSR count). The van der Waals surface area contributed by atoms with E-state index in [4.69, 9.17) is 4.65 Å². The second-order valence-corrected chi connectivity index (χ2v) is 2.39. The highest BCUT2D eigenvalue weighted by atomic mass is 16.5. The van der Waals surface area contributed by atoms with Gasteiger partial charge in [-0.05, 0) is 5.46 Å². The van der Waals surface area contributed by atoms with Gasteiger partial charge in [0, 0.05) is 6.61 Å². The Balaban J connectivity index is 2.53. The molecule has 0 aliphatic rings. The van der Waals surface area contributed by atoms with Crippen molar-refractivity contribution < 1.29 is 9.68 Å². The molecule has 62 valence electrons. The highest BCUT2D eigenvalue weighted by Crippen LogP contribution is 1.87. The summed E-state index contributed by atoms with van der Waals surface area (Å²) in [5, 5.41) is 9.38. The molecule has 0 aliphatic heterocycles. The lowest BCUT2D eigenvalue weighted by Crippen LogP contribution is -2.33. The van der Waals surface area contributed by atoms with Gasteiger partial charge in [0.15, 0.2) is 0 Å². The minimum Gasteiger partial charge on any atom is -0.423 e. The molecule has 0 aromatic heterocycles. The molecule has 0 unspecified atom stereocenters. The summed E-state index contributed by atoms with van der Waals surface area (Å²) in [6, 6.07) is 9.23. The molecule has 0 radical (unpaired) electrons. The van der Waals surface area contributed by atoms with Crippen LogP contribution in [0.1, 0.15) is 0 Å². The number of rotatable bonds is 4. The highest BCUT2D eigenvalue weighted by molar-refractivity contribution is 6.59. The molecule has 0 saturated heterocycles. The van der Waals surface area contributed by atoms with E-state index in [0.29, 0.717) is 6.61 Å². The van der Waals surface area contributed by atoms with Gasteiger partial charge in [-0.1, -0.05) is 36.4 Å². The molecule has 0 saturated carbocycles. The minimum absolute atomic E-state index is 0.357. The molecule has 0 aliphatic carbocycles. The van der Waals surface area contributed by atoms with Crippen LogP contribution in [0.25, 0.3) is 0 Å². The highest BCUT2D eigenvalue weighted by Gasteiger charge is 2.13. The first-order chi connectivity index (χ1) is 5.84. The van der Waals surface area contributed by atoms with Crippen molar-refractivity contribution in [2.24, 2.45) is 0 Å². The summed E-state index contributed by atoms with van der Waals surface area (Å²) in [6.45, 7) is 3.85. The van der Waals surface area contributed by atoms with Gasteiger partial charge in [0.1, 0.15) is 0 Å². The summed E-state index contributed by atoms with van der Waals surface area (Å²) < 4.78 is 5.01. The van der Waals surface area contributed by atoms with Crippen LogP contribution in [0.4, 0.5) is 0 Å². The van der Waals surface area contributed by atoms with Crippen molar-refractivity contribution >= 4 is 12.6 Å². The van der Waals surface area contributed by atoms with Crippen molar-refractivity contribution in [1.82, 2.24) is 0 Å². The van der Waals surface area contributed by atoms with Gasteiger partial charge in [-0.3, -0.25) is 0 Å². The van der Waals surface area contributed by atoms with Crippen molar-refractivity contribution in [3.05, 3.63) is 43.0 Å². The first-order valence-corrected chi connectivity index (χ1v) is 3.80. The fourth-order valence-corrected chi connectivity index (χ4v) is 0.873. The molecular formula is C9H11BO2. The summed E-state index contributed by atoms with van der Waals surface area (Å²) in [4.78, 5) is 0. The molecule has 1 aromatic carbocycles. The summed E-state index contributed by atoms with van der Waals surface area (Å²) in [5.41, 5.74) is 0.763. The molecule has 0 bridgehead atoms. The van der Waals surface area contributed by atoms with Crippen molar-refractivity contribution in [2.75, 3.05) is 6.61 Å². The van der Waals surface area contributed by atoms with E-state index < -0.39 is 7.12 Å². The minimum atomic E-state index is -0.843. The molecule has 0 amide bonds. The molecule has 0 fully saturated rings. The van der Waals surface area contributed by atoms with Gasteiger partial charge in [0.2, 0.25) is 0 Å². The van der Waals surface area contributed by atoms with Crippen molar-refractivity contribution in [1.29, 1.82) is 0 Å². The Labute approximate surface area is 72.6 Å². The smallest absolute Gasteiger partial charge is 0.423 e. The summed E-state index contributed by atoms with van der Waals surface area (Å²) in [5.74, 6) is 0. The quantitative estimate of drug-likeness (QED) is 0.518. The molecule has 1 aromatic rings. The zero-order valence-corrected chi connectivity index (χ0v) is 6.81. The van der Waals surface area contributed by atoms with Gasteiger partial charge in [-0.15, -0.1) is 6.58 Å². The van der Waals surface area contributed by atoms with Gasteiger partial charge in [0.05, 0.1) is 0 Å². The summed E-state index contributed by atoms with van der Waals surface area (Å²) >= 11 is 0. The molecule has 12 heavy (non-hydrogen) atoms. The predicted molar refractivity (Wildman–Crippen MR) is 50.2 cm³/mol. The van der Waals surface area contributed by atoms with E-state index in [-0.39, 0.29) is 0 Å². The molecule has 0 spiro atoms. The third-order valence-corrected chi connectivity index (χ3v) is 1.46. The SMILES string of the molecule is C=CCOB(O)c1ccccc1. The van der Waals surface area contributed by atoms with Crippen LogP contribution < -0.4 is 5.46 Å². The topological polar surface area (TPSA) is 29.5 Å². The maximum Gasteiger partial charge on any atom is 0.491 e. The van der Waals surface area contributed by atoms with E-state index in [1.165, 1.54) is 0 Å². The largest absolute Gasteiger partial charge is 0.491 e. The first-order valence-electron chi connectivity index (χ1n) is 3.80. The Morgan fingerprint density at radius 3 is 2.67 bits per heavy atom. The van der Waals surface area contributed by atoms with Gasteiger partial charge < -0.3 is 9.68 Å². The normalized spacial score (nSPS) is 9.42. The van der Waals surface area contributed by atoms with Crippen LogP contribution in [-0.4, -0.2) is 18.7 Å². The van der Waals surface area contributed by atoms with Crippen LogP contribution in [0, 0.1) is 0 Å². The fourth-order valence-electron chi connectivity index (χ4n) is 0.873. The Hall–Kier alpha value is -1.06. The fraction of sp³-hybridized carbons (Fsp3) is 0.111. The Morgan fingerprint density at radius 2 is 2.08 bits per heavy atom. The first kappa shape index (κ1) is 9.04. The van der Waals surface area contributed by atoms with Gasteiger partial charge >= 0.3 is 7.12 Å². The van der Waals surface area contributed by atoms with E-state index in [0.717, 1.165) is 5.46 Å². The third kappa shape index (κ3) is 2.53. The Kier molecular flexibility index (Phi) is 3.58. The summed E-state index contributed by atoms with van der Waals surface area (Å²) in [6.07, 6.45) is 1.60. The van der Waals surface area contributed by atoms with Gasteiger partial charge in [0.25, 0.3) is 0 Å². The van der Waals surface area contributed by atoms with Gasteiger partial charge in [-0.25, -0.2) is 0 Å². The lowest BCUT2D eigenvalue weighted by atomic mass is 9.80. The van der Waals surface area contributed by atoms with Gasteiger partial charge in [-0.2, -0.15) is 0 Å². The number of hydrogen-bond acceptors (Lipinski definition) is 2. The van der Waals surface area contributed by atoms with Crippen LogP contribution in [0.5, 0.6) is 0 Å². The second-order valence-electron chi connectivity index (χ2n) is 2.39. The van der Waals surface area contributed by atoms with Crippen molar-refractivity contribution in [3.63, 3.8) is 0 Å². The monoisotopic (exact) mass is 162 g/mol. The molecule has 0 atom stereocenters. The lowest BCUT2D eigenvalue weighted by Gasteiger charge is -2.04. The number of benzene rings is 1. The third-order valence-electron chi connectivity index (χ3n) is 1.46. The van der Waals surface area contributed by atoms with Crippen LogP contribution >= 0.6 is 0 Å². The van der Waals surface area contributed by atoms with Crippen molar-refractivity contribution in [3.8, 4) is 0 Å². The Morgan fingerprint density at radius 1 is 1.42 bits per heavy atom. The van der Waals surface area contributed by atoms with E-state index in [1.807, 2.05) is 30.3 Å². The second kappa shape index (κ2) is 4.75. The maximum atomic E-state index is 9.38. The van der Waals surface area contributed by atoms with Crippen LogP contribution in [0.3, 0.4) is 0 Å². The molecule has 0 heterocycles. The van der Waals surface area contributed by atoms with E-state index in [9.17, 15) is 5.02 Å². The zero-order valence-electron chi connectivity index (χ0n) is 6.81. The standard InChI is InChI=1S/C9H11BO2/c1-2-8-12-10(11)9-6-4-3-5-7-9/h2-7,11H,1,8H2. The molecule has 1 N–H and O–H groups in total. The van der Waals surface area contributed by atoms with E-state index in [2.05, 4.69) is 6.58 Å². The average molecular weight is 162 g/mol. The molecular weight excluding hydrogens is 151 g/mol. The predicted octanol–water partition coefficient (Wildman–Crippen LogP) is 0.577. The molecule has 3 heteroatoms. The van der Waals surface area contributed by atoms with Crippen LogP contribution in [0.2, 0.25) is 0 Å². The lowest BCUT2D eigenvalue weighted by molar-refractivity contribution is 0.304. The molecule has 2 nitrogen and oxygen atoms in total. The summed E-state index contributed by atoms with van der Waals surface area (Å²) in [7, 11) is -0.843.